The van der Waals surface area contributed by atoms with Gasteiger partial charge < -0.3 is 14.6 Å². The third-order valence-corrected chi connectivity index (χ3v) is 3.11. The van der Waals surface area contributed by atoms with Gasteiger partial charge in [0.15, 0.2) is 0 Å². The molecule has 0 atom stereocenters. The minimum absolute atomic E-state index is 0.156. The molecule has 0 bridgehead atoms. The number of hydrogen-bond acceptors (Lipinski definition) is 3. The van der Waals surface area contributed by atoms with Gasteiger partial charge in [-0.05, 0) is 12.1 Å². The maximum atomic E-state index is 10.6. The molecular formula is C12H13N3O2. The van der Waals surface area contributed by atoms with Crippen LogP contribution in [0.1, 0.15) is 6.42 Å². The SMILES string of the molecule is O=C(O)CCN1CCn2c1nc1ccccc12. The van der Waals surface area contributed by atoms with E-state index in [2.05, 4.69) is 9.55 Å². The van der Waals surface area contributed by atoms with Crippen LogP contribution in [0.5, 0.6) is 0 Å². The van der Waals surface area contributed by atoms with Crippen molar-refractivity contribution in [1.29, 1.82) is 0 Å². The van der Waals surface area contributed by atoms with Crippen LogP contribution in [0.2, 0.25) is 0 Å². The Morgan fingerprint density at radius 3 is 3.00 bits per heavy atom. The molecule has 5 nitrogen and oxygen atoms in total. The van der Waals surface area contributed by atoms with Gasteiger partial charge in [-0.2, -0.15) is 0 Å². The lowest BCUT2D eigenvalue weighted by molar-refractivity contribution is -0.136. The van der Waals surface area contributed by atoms with Crippen LogP contribution in [0, 0.1) is 0 Å². The molecule has 1 aliphatic rings. The van der Waals surface area contributed by atoms with Crippen molar-refractivity contribution in [3.8, 4) is 0 Å². The first kappa shape index (κ1) is 10.1. The lowest BCUT2D eigenvalue weighted by atomic mass is 10.3. The summed E-state index contributed by atoms with van der Waals surface area (Å²) in [4.78, 5) is 17.2. The van der Waals surface area contributed by atoms with Gasteiger partial charge in [-0.25, -0.2) is 4.98 Å². The van der Waals surface area contributed by atoms with Gasteiger partial charge in [-0.3, -0.25) is 4.79 Å². The van der Waals surface area contributed by atoms with Gasteiger partial charge in [0, 0.05) is 19.6 Å². The van der Waals surface area contributed by atoms with Gasteiger partial charge >= 0.3 is 5.97 Å². The number of aromatic nitrogens is 2. The van der Waals surface area contributed by atoms with Gasteiger partial charge in [0.05, 0.1) is 17.5 Å². The third-order valence-electron chi connectivity index (χ3n) is 3.11. The van der Waals surface area contributed by atoms with Crippen LogP contribution < -0.4 is 4.90 Å². The van der Waals surface area contributed by atoms with E-state index >= 15 is 0 Å². The van der Waals surface area contributed by atoms with Crippen LogP contribution >= 0.6 is 0 Å². The molecular weight excluding hydrogens is 218 g/mol. The molecule has 2 aromatic rings. The Hall–Kier alpha value is -2.04. The Bertz CT molecular complexity index is 576. The molecule has 88 valence electrons. The van der Waals surface area contributed by atoms with Crippen molar-refractivity contribution < 1.29 is 9.90 Å². The van der Waals surface area contributed by atoms with E-state index < -0.39 is 5.97 Å². The largest absolute Gasteiger partial charge is 0.481 e. The summed E-state index contributed by atoms with van der Waals surface area (Å²) in [5, 5.41) is 8.71. The summed E-state index contributed by atoms with van der Waals surface area (Å²) in [5.41, 5.74) is 2.10. The second-order valence-electron chi connectivity index (χ2n) is 4.18. The first-order valence-electron chi connectivity index (χ1n) is 5.68. The number of benzene rings is 1. The van der Waals surface area contributed by atoms with Crippen LogP contribution in [0.25, 0.3) is 11.0 Å². The summed E-state index contributed by atoms with van der Waals surface area (Å²) in [6.45, 7) is 2.26. The smallest absolute Gasteiger partial charge is 0.305 e. The van der Waals surface area contributed by atoms with E-state index in [4.69, 9.17) is 5.11 Å². The van der Waals surface area contributed by atoms with Gasteiger partial charge in [-0.1, -0.05) is 12.1 Å². The molecule has 0 radical (unpaired) electrons. The van der Waals surface area contributed by atoms with Crippen LogP contribution in [-0.4, -0.2) is 33.7 Å². The number of para-hydroxylation sites is 2. The molecule has 0 amide bonds. The number of aliphatic carboxylic acids is 1. The molecule has 0 spiro atoms. The Kier molecular flexibility index (Phi) is 2.24. The molecule has 0 saturated carbocycles. The summed E-state index contributed by atoms with van der Waals surface area (Å²) in [7, 11) is 0. The molecule has 0 fully saturated rings. The zero-order valence-corrected chi connectivity index (χ0v) is 9.33. The van der Waals surface area contributed by atoms with Crippen molar-refractivity contribution in [1.82, 2.24) is 9.55 Å². The molecule has 0 aliphatic carbocycles. The number of fused-ring (bicyclic) bond motifs is 3. The Balaban J connectivity index is 1.94. The van der Waals surface area contributed by atoms with Crippen LogP contribution in [0.15, 0.2) is 24.3 Å². The Labute approximate surface area is 98.3 Å². The van der Waals surface area contributed by atoms with Crippen molar-refractivity contribution in [2.45, 2.75) is 13.0 Å². The van der Waals surface area contributed by atoms with Crippen molar-refractivity contribution in [3.05, 3.63) is 24.3 Å². The molecule has 17 heavy (non-hydrogen) atoms. The number of carbonyl (C=O) groups is 1. The highest BCUT2D eigenvalue weighted by atomic mass is 16.4. The lowest BCUT2D eigenvalue weighted by Crippen LogP contribution is -2.24. The Morgan fingerprint density at radius 2 is 2.18 bits per heavy atom. The maximum Gasteiger partial charge on any atom is 0.305 e. The quantitative estimate of drug-likeness (QED) is 0.865. The number of rotatable bonds is 3. The number of imidazole rings is 1. The predicted octanol–water partition coefficient (Wildman–Crippen LogP) is 1.33. The number of carboxylic acids is 1. The molecule has 1 aromatic carbocycles. The second kappa shape index (κ2) is 3.76. The fourth-order valence-electron chi connectivity index (χ4n) is 2.29. The van der Waals surface area contributed by atoms with E-state index in [1.807, 2.05) is 29.2 Å². The molecule has 3 rings (SSSR count). The van der Waals surface area contributed by atoms with Crippen LogP contribution in [-0.2, 0) is 11.3 Å². The highest BCUT2D eigenvalue weighted by Gasteiger charge is 2.23. The zero-order chi connectivity index (χ0) is 11.8. The monoisotopic (exact) mass is 231 g/mol. The van der Waals surface area contributed by atoms with Gasteiger partial charge in [0.1, 0.15) is 0 Å². The minimum atomic E-state index is -0.764. The van der Waals surface area contributed by atoms with Crippen LogP contribution in [0.4, 0.5) is 5.95 Å². The molecule has 2 heterocycles. The lowest BCUT2D eigenvalue weighted by Gasteiger charge is -2.13. The first-order chi connectivity index (χ1) is 8.25. The van der Waals surface area contributed by atoms with E-state index in [-0.39, 0.29) is 6.42 Å². The topological polar surface area (TPSA) is 58.4 Å². The summed E-state index contributed by atoms with van der Waals surface area (Å²) in [5.74, 6) is 0.131. The highest BCUT2D eigenvalue weighted by molar-refractivity contribution is 5.79. The van der Waals surface area contributed by atoms with Crippen molar-refractivity contribution in [2.24, 2.45) is 0 Å². The van der Waals surface area contributed by atoms with E-state index in [9.17, 15) is 4.79 Å². The average molecular weight is 231 g/mol. The Morgan fingerprint density at radius 1 is 1.35 bits per heavy atom. The van der Waals surface area contributed by atoms with Gasteiger partial charge in [0.25, 0.3) is 0 Å². The molecule has 0 unspecified atom stereocenters. The van der Waals surface area contributed by atoms with Crippen molar-refractivity contribution in [3.63, 3.8) is 0 Å². The fraction of sp³-hybridized carbons (Fsp3) is 0.333. The summed E-state index contributed by atoms with van der Waals surface area (Å²) >= 11 is 0. The average Bonchev–Trinajstić information content (AvgIpc) is 2.85. The number of hydrogen-bond donors (Lipinski definition) is 1. The summed E-state index contributed by atoms with van der Waals surface area (Å²) in [6.07, 6.45) is 0.156. The molecule has 1 aliphatic heterocycles. The second-order valence-corrected chi connectivity index (χ2v) is 4.18. The van der Waals surface area contributed by atoms with Gasteiger partial charge in [-0.15, -0.1) is 0 Å². The summed E-state index contributed by atoms with van der Waals surface area (Å²) < 4.78 is 2.15. The number of nitrogens with zero attached hydrogens (tertiary/aromatic N) is 3. The van der Waals surface area contributed by atoms with Gasteiger partial charge in [0.2, 0.25) is 5.95 Å². The minimum Gasteiger partial charge on any atom is -0.481 e. The van der Waals surface area contributed by atoms with Crippen LogP contribution in [0.3, 0.4) is 0 Å². The first-order valence-corrected chi connectivity index (χ1v) is 5.68. The predicted molar refractivity (Wildman–Crippen MR) is 64.2 cm³/mol. The normalized spacial score (nSPS) is 14.2. The number of carboxylic acid groups (broad SMARTS) is 1. The standard InChI is InChI=1S/C12H13N3O2/c16-11(17)5-6-14-7-8-15-10-4-2-1-3-9(10)13-12(14)15/h1-4H,5-8H2,(H,16,17). The number of anilines is 1. The van der Waals surface area contributed by atoms with E-state index in [1.54, 1.807) is 0 Å². The van der Waals surface area contributed by atoms with Crippen molar-refractivity contribution >= 4 is 23.0 Å². The fourth-order valence-corrected chi connectivity index (χ4v) is 2.29. The molecule has 0 saturated heterocycles. The van der Waals surface area contributed by atoms with E-state index in [0.29, 0.717) is 6.54 Å². The molecule has 5 heteroatoms. The van der Waals surface area contributed by atoms with E-state index in [0.717, 1.165) is 30.1 Å². The third kappa shape index (κ3) is 1.63. The maximum absolute atomic E-state index is 10.6. The van der Waals surface area contributed by atoms with E-state index in [1.165, 1.54) is 0 Å². The molecule has 1 aromatic heterocycles. The zero-order valence-electron chi connectivity index (χ0n) is 9.33. The molecule has 1 N–H and O–H groups in total. The highest BCUT2D eigenvalue weighted by Crippen LogP contribution is 2.26. The van der Waals surface area contributed by atoms with Crippen molar-refractivity contribution in [2.75, 3.05) is 18.0 Å². The summed E-state index contributed by atoms with van der Waals surface area (Å²) in [6, 6.07) is 7.99.